The summed E-state index contributed by atoms with van der Waals surface area (Å²) in [6.45, 7) is 10.3. The molecule has 2 fully saturated rings. The third kappa shape index (κ3) is 2.78. The number of nitrogens with zero attached hydrogens (tertiary/aromatic N) is 1. The second-order valence-corrected chi connectivity index (χ2v) is 7.02. The molecule has 0 bridgehead atoms. The lowest BCUT2D eigenvalue weighted by Gasteiger charge is -2.30. The van der Waals surface area contributed by atoms with E-state index >= 15 is 0 Å². The Morgan fingerprint density at radius 2 is 1.88 bits per heavy atom. The Bertz CT molecular complexity index is 238. The van der Waals surface area contributed by atoms with E-state index in [1.54, 1.807) is 0 Å². The van der Waals surface area contributed by atoms with Gasteiger partial charge >= 0.3 is 0 Å². The molecule has 2 rings (SSSR count). The maximum atomic E-state index is 10.4. The maximum Gasteiger partial charge on any atom is 0.0774 e. The van der Waals surface area contributed by atoms with Crippen molar-refractivity contribution in [3.63, 3.8) is 0 Å². The highest BCUT2D eigenvalue weighted by Crippen LogP contribution is 2.36. The van der Waals surface area contributed by atoms with Crippen LogP contribution in [-0.4, -0.2) is 35.2 Å². The zero-order valence-corrected chi connectivity index (χ0v) is 11.1. The Balaban J connectivity index is 1.85. The van der Waals surface area contributed by atoms with E-state index in [0.29, 0.717) is 5.41 Å². The third-order valence-corrected chi connectivity index (χ3v) is 4.55. The zero-order chi connectivity index (χ0) is 11.8. The Morgan fingerprint density at radius 3 is 2.38 bits per heavy atom. The minimum atomic E-state index is -0.354. The second kappa shape index (κ2) is 4.30. The SMILES string of the molecule is CC(C)(C)C1CCN(CC2(O)CCCC2)C1. The van der Waals surface area contributed by atoms with Crippen molar-refractivity contribution in [3.05, 3.63) is 0 Å². The summed E-state index contributed by atoms with van der Waals surface area (Å²) in [6.07, 6.45) is 5.77. The van der Waals surface area contributed by atoms with Crippen LogP contribution in [-0.2, 0) is 0 Å². The van der Waals surface area contributed by atoms with Crippen LogP contribution < -0.4 is 0 Å². The molecule has 1 atom stereocenters. The number of β-amino-alcohol motifs (C(OH)–C–C–N with tert-alkyl or cyclic N) is 1. The predicted octanol–water partition coefficient (Wildman–Crippen LogP) is 2.66. The first-order valence-corrected chi connectivity index (χ1v) is 6.84. The zero-order valence-electron chi connectivity index (χ0n) is 11.1. The fourth-order valence-corrected chi connectivity index (χ4v) is 3.29. The summed E-state index contributed by atoms with van der Waals surface area (Å²) in [4.78, 5) is 2.49. The Labute approximate surface area is 100 Å². The van der Waals surface area contributed by atoms with E-state index in [9.17, 15) is 5.11 Å². The van der Waals surface area contributed by atoms with E-state index in [-0.39, 0.29) is 5.60 Å². The molecule has 1 saturated heterocycles. The van der Waals surface area contributed by atoms with Crippen LogP contribution in [0, 0.1) is 11.3 Å². The van der Waals surface area contributed by atoms with Crippen LogP contribution in [0.5, 0.6) is 0 Å². The van der Waals surface area contributed by atoms with E-state index in [1.165, 1.54) is 32.4 Å². The molecule has 1 saturated carbocycles. The van der Waals surface area contributed by atoms with Crippen molar-refractivity contribution in [1.82, 2.24) is 4.90 Å². The van der Waals surface area contributed by atoms with Crippen LogP contribution in [0.4, 0.5) is 0 Å². The lowest BCUT2D eigenvalue weighted by molar-refractivity contribution is 0.0134. The van der Waals surface area contributed by atoms with Gasteiger partial charge in [0, 0.05) is 13.1 Å². The van der Waals surface area contributed by atoms with Crippen LogP contribution >= 0.6 is 0 Å². The Hall–Kier alpha value is -0.0800. The maximum absolute atomic E-state index is 10.4. The Kier molecular flexibility index (Phi) is 3.33. The second-order valence-electron chi connectivity index (χ2n) is 7.02. The highest BCUT2D eigenvalue weighted by Gasteiger charge is 2.37. The standard InChI is InChI=1S/C14H27NO/c1-13(2,3)12-6-9-15(10-12)11-14(16)7-4-5-8-14/h12,16H,4-11H2,1-3H3. The molecular formula is C14H27NO. The van der Waals surface area contributed by atoms with Gasteiger partial charge < -0.3 is 10.0 Å². The Morgan fingerprint density at radius 1 is 1.25 bits per heavy atom. The van der Waals surface area contributed by atoms with Gasteiger partial charge in [0.05, 0.1) is 5.60 Å². The average Bonchev–Trinajstić information content (AvgIpc) is 2.74. The van der Waals surface area contributed by atoms with E-state index in [2.05, 4.69) is 25.7 Å². The van der Waals surface area contributed by atoms with E-state index in [0.717, 1.165) is 25.3 Å². The molecule has 0 amide bonds. The number of hydrogen-bond acceptors (Lipinski definition) is 2. The highest BCUT2D eigenvalue weighted by molar-refractivity contribution is 4.91. The van der Waals surface area contributed by atoms with Crippen LogP contribution in [0.2, 0.25) is 0 Å². The van der Waals surface area contributed by atoms with Crippen molar-refractivity contribution >= 4 is 0 Å². The summed E-state index contributed by atoms with van der Waals surface area (Å²) in [5.41, 5.74) is 0.0693. The molecule has 1 N–H and O–H groups in total. The molecule has 1 unspecified atom stereocenters. The molecule has 1 aliphatic heterocycles. The van der Waals surface area contributed by atoms with E-state index in [4.69, 9.17) is 0 Å². The minimum absolute atomic E-state index is 0.354. The van der Waals surface area contributed by atoms with Crippen LogP contribution in [0.25, 0.3) is 0 Å². The number of likely N-dealkylation sites (tertiary alicyclic amines) is 1. The molecular weight excluding hydrogens is 198 g/mol. The summed E-state index contributed by atoms with van der Waals surface area (Å²) in [5.74, 6) is 0.803. The molecule has 2 nitrogen and oxygen atoms in total. The molecule has 0 aromatic rings. The normalized spacial score (nSPS) is 31.1. The number of rotatable bonds is 2. The van der Waals surface area contributed by atoms with Crippen molar-refractivity contribution < 1.29 is 5.11 Å². The van der Waals surface area contributed by atoms with Crippen LogP contribution in [0.15, 0.2) is 0 Å². The van der Waals surface area contributed by atoms with Gasteiger partial charge in [-0.25, -0.2) is 0 Å². The fourth-order valence-electron chi connectivity index (χ4n) is 3.29. The van der Waals surface area contributed by atoms with Gasteiger partial charge in [0.15, 0.2) is 0 Å². The van der Waals surface area contributed by atoms with E-state index in [1.807, 2.05) is 0 Å². The van der Waals surface area contributed by atoms with Gasteiger partial charge in [0.25, 0.3) is 0 Å². The summed E-state index contributed by atoms with van der Waals surface area (Å²) in [5, 5.41) is 10.4. The summed E-state index contributed by atoms with van der Waals surface area (Å²) < 4.78 is 0. The molecule has 0 spiro atoms. The number of aliphatic hydroxyl groups is 1. The lowest BCUT2D eigenvalue weighted by atomic mass is 9.80. The first-order chi connectivity index (χ1) is 7.39. The molecule has 0 aromatic heterocycles. The molecule has 0 aromatic carbocycles. The molecule has 1 heterocycles. The van der Waals surface area contributed by atoms with Crippen molar-refractivity contribution in [2.24, 2.45) is 11.3 Å². The molecule has 2 aliphatic rings. The molecule has 0 radical (unpaired) electrons. The van der Waals surface area contributed by atoms with Crippen LogP contribution in [0.3, 0.4) is 0 Å². The van der Waals surface area contributed by atoms with E-state index < -0.39 is 0 Å². The molecule has 94 valence electrons. The van der Waals surface area contributed by atoms with Gasteiger partial charge in [-0.05, 0) is 37.1 Å². The van der Waals surface area contributed by atoms with Gasteiger partial charge in [0.2, 0.25) is 0 Å². The van der Waals surface area contributed by atoms with Gasteiger partial charge in [-0.2, -0.15) is 0 Å². The lowest BCUT2D eigenvalue weighted by Crippen LogP contribution is -2.40. The van der Waals surface area contributed by atoms with Crippen molar-refractivity contribution in [2.75, 3.05) is 19.6 Å². The first-order valence-electron chi connectivity index (χ1n) is 6.84. The topological polar surface area (TPSA) is 23.5 Å². The summed E-state index contributed by atoms with van der Waals surface area (Å²) >= 11 is 0. The van der Waals surface area contributed by atoms with Crippen LogP contribution in [0.1, 0.15) is 52.9 Å². The number of hydrogen-bond donors (Lipinski definition) is 1. The van der Waals surface area contributed by atoms with Gasteiger partial charge in [-0.3, -0.25) is 0 Å². The summed E-state index contributed by atoms with van der Waals surface area (Å²) in [6, 6.07) is 0. The fraction of sp³-hybridized carbons (Fsp3) is 1.00. The highest BCUT2D eigenvalue weighted by atomic mass is 16.3. The predicted molar refractivity (Wildman–Crippen MR) is 67.4 cm³/mol. The largest absolute Gasteiger partial charge is 0.389 e. The van der Waals surface area contributed by atoms with Crippen molar-refractivity contribution in [1.29, 1.82) is 0 Å². The monoisotopic (exact) mass is 225 g/mol. The minimum Gasteiger partial charge on any atom is -0.389 e. The average molecular weight is 225 g/mol. The van der Waals surface area contributed by atoms with Crippen molar-refractivity contribution in [2.45, 2.75) is 58.5 Å². The summed E-state index contributed by atoms with van der Waals surface area (Å²) in [7, 11) is 0. The molecule has 2 heteroatoms. The quantitative estimate of drug-likeness (QED) is 0.781. The smallest absolute Gasteiger partial charge is 0.0774 e. The van der Waals surface area contributed by atoms with Gasteiger partial charge in [-0.15, -0.1) is 0 Å². The molecule has 16 heavy (non-hydrogen) atoms. The first kappa shape index (κ1) is 12.4. The van der Waals surface area contributed by atoms with Gasteiger partial charge in [0.1, 0.15) is 0 Å². The van der Waals surface area contributed by atoms with Gasteiger partial charge in [-0.1, -0.05) is 33.6 Å². The third-order valence-electron chi connectivity index (χ3n) is 4.55. The molecule has 1 aliphatic carbocycles. The van der Waals surface area contributed by atoms with Crippen molar-refractivity contribution in [3.8, 4) is 0 Å².